The van der Waals surface area contributed by atoms with Gasteiger partial charge in [-0.3, -0.25) is 4.79 Å². The highest BCUT2D eigenvalue weighted by Gasteiger charge is 2.30. The van der Waals surface area contributed by atoms with Crippen LogP contribution in [-0.2, 0) is 0 Å². The van der Waals surface area contributed by atoms with Crippen LogP contribution in [0.3, 0.4) is 0 Å². The Kier molecular flexibility index (Phi) is 4.28. The van der Waals surface area contributed by atoms with Gasteiger partial charge in [0.05, 0.1) is 11.4 Å². The Morgan fingerprint density at radius 1 is 1.14 bits per heavy atom. The molecule has 4 aromatic rings. The Bertz CT molecular complexity index is 1160. The van der Waals surface area contributed by atoms with Gasteiger partial charge in [0.2, 0.25) is 5.16 Å². The van der Waals surface area contributed by atoms with Crippen LogP contribution in [0.25, 0.3) is 16.6 Å². The van der Waals surface area contributed by atoms with E-state index in [4.69, 9.17) is 4.98 Å². The van der Waals surface area contributed by atoms with Crippen LogP contribution in [0.5, 0.6) is 0 Å². The van der Waals surface area contributed by atoms with Gasteiger partial charge in [-0.25, -0.2) is 9.67 Å². The molecule has 2 aromatic heterocycles. The van der Waals surface area contributed by atoms with Gasteiger partial charge in [-0.1, -0.05) is 48.2 Å². The van der Waals surface area contributed by atoms with Gasteiger partial charge in [0.25, 0.3) is 0 Å². The first-order valence-electron chi connectivity index (χ1n) is 9.46. The summed E-state index contributed by atoms with van der Waals surface area (Å²) in [5.74, 6) is 1.91. The minimum atomic E-state index is 0.101. The Balaban J connectivity index is 1.39. The minimum Gasteiger partial charge on any atom is -0.358 e. The van der Waals surface area contributed by atoms with Crippen molar-refractivity contribution in [1.82, 2.24) is 19.7 Å². The lowest BCUT2D eigenvalue weighted by Crippen LogP contribution is -2.04. The number of fused-ring (bicyclic) bond motifs is 1. The van der Waals surface area contributed by atoms with E-state index in [9.17, 15) is 4.79 Å². The Morgan fingerprint density at radius 3 is 2.68 bits per heavy atom. The lowest BCUT2D eigenvalue weighted by atomic mass is 10.1. The Labute approximate surface area is 167 Å². The first kappa shape index (κ1) is 17.3. The predicted octanol–water partition coefficient (Wildman–Crippen LogP) is 4.91. The van der Waals surface area contributed by atoms with Crippen molar-refractivity contribution in [2.75, 3.05) is 5.75 Å². The minimum absolute atomic E-state index is 0.101. The van der Waals surface area contributed by atoms with Gasteiger partial charge in [0, 0.05) is 28.1 Å². The number of aromatic nitrogens is 4. The summed E-state index contributed by atoms with van der Waals surface area (Å²) in [5.41, 5.74) is 3.69. The number of thioether (sulfide) groups is 1. The molecule has 1 fully saturated rings. The lowest BCUT2D eigenvalue weighted by molar-refractivity contribution is 0.102. The molecule has 0 unspecified atom stereocenters. The number of nitrogens with zero attached hydrogens (tertiary/aromatic N) is 3. The maximum atomic E-state index is 12.9. The first-order valence-corrected chi connectivity index (χ1v) is 10.4. The second kappa shape index (κ2) is 6.95. The van der Waals surface area contributed by atoms with Crippen LogP contribution in [0, 0.1) is 6.92 Å². The molecule has 0 spiro atoms. The predicted molar refractivity (Wildman–Crippen MR) is 111 cm³/mol. The van der Waals surface area contributed by atoms with Crippen molar-refractivity contribution < 1.29 is 4.79 Å². The summed E-state index contributed by atoms with van der Waals surface area (Å²) in [6.07, 6.45) is 2.31. The summed E-state index contributed by atoms with van der Waals surface area (Å²) in [6.45, 7) is 1.95. The maximum absolute atomic E-state index is 12.9. The monoisotopic (exact) mass is 388 g/mol. The summed E-state index contributed by atoms with van der Waals surface area (Å²) in [5, 5.41) is 6.33. The van der Waals surface area contributed by atoms with Gasteiger partial charge >= 0.3 is 0 Å². The molecule has 1 N–H and O–H groups in total. The van der Waals surface area contributed by atoms with Crippen LogP contribution in [0.15, 0.2) is 59.8 Å². The molecule has 2 heterocycles. The van der Waals surface area contributed by atoms with Crippen molar-refractivity contribution >= 4 is 28.4 Å². The zero-order chi connectivity index (χ0) is 19.1. The highest BCUT2D eigenvalue weighted by atomic mass is 32.2. The first-order chi connectivity index (χ1) is 13.7. The van der Waals surface area contributed by atoms with Crippen LogP contribution < -0.4 is 0 Å². The number of benzene rings is 2. The van der Waals surface area contributed by atoms with E-state index in [0.717, 1.165) is 46.5 Å². The average molecular weight is 388 g/mol. The van der Waals surface area contributed by atoms with Crippen LogP contribution in [-0.4, -0.2) is 31.3 Å². The zero-order valence-electron chi connectivity index (χ0n) is 15.6. The van der Waals surface area contributed by atoms with Crippen LogP contribution >= 0.6 is 11.8 Å². The molecule has 28 heavy (non-hydrogen) atoms. The normalized spacial score (nSPS) is 13.9. The summed E-state index contributed by atoms with van der Waals surface area (Å²) in [6, 6.07) is 18.0. The van der Waals surface area contributed by atoms with Gasteiger partial charge < -0.3 is 4.98 Å². The number of aromatic amines is 1. The van der Waals surface area contributed by atoms with Crippen molar-refractivity contribution in [3.63, 3.8) is 0 Å². The molecule has 0 saturated heterocycles. The Morgan fingerprint density at radius 2 is 1.89 bits per heavy atom. The fourth-order valence-electron chi connectivity index (χ4n) is 3.57. The smallest absolute Gasteiger partial charge is 0.209 e. The van der Waals surface area contributed by atoms with Crippen LogP contribution in [0.4, 0.5) is 0 Å². The summed E-state index contributed by atoms with van der Waals surface area (Å²) < 4.78 is 1.93. The third-order valence-electron chi connectivity index (χ3n) is 5.06. The standard InChI is InChI=1S/C22H20N4OS/c1-14-20(17-9-5-6-10-18(17)23-14)19(27)13-28-22-24-21(15-11-12-15)26(25-22)16-7-3-2-4-8-16/h2-10,15,23H,11-13H2,1H3. The van der Waals surface area contributed by atoms with Gasteiger partial charge in [0.15, 0.2) is 5.78 Å². The van der Waals surface area contributed by atoms with E-state index < -0.39 is 0 Å². The molecular formula is C22H20N4OS. The average Bonchev–Trinajstić information content (AvgIpc) is 3.38. The number of nitrogens with one attached hydrogen (secondary N) is 1. The summed E-state index contributed by atoms with van der Waals surface area (Å²) >= 11 is 1.41. The molecule has 0 aliphatic heterocycles. The Hall–Kier alpha value is -2.86. The third kappa shape index (κ3) is 3.14. The van der Waals surface area contributed by atoms with E-state index in [2.05, 4.69) is 10.1 Å². The number of carbonyl (C=O) groups excluding carboxylic acids is 1. The summed E-state index contributed by atoms with van der Waals surface area (Å²) in [7, 11) is 0. The highest BCUT2D eigenvalue weighted by molar-refractivity contribution is 7.99. The van der Waals surface area contributed by atoms with Crippen molar-refractivity contribution in [3.05, 3.63) is 71.7 Å². The highest BCUT2D eigenvalue weighted by Crippen LogP contribution is 2.40. The molecule has 1 saturated carbocycles. The van der Waals surface area contributed by atoms with Crippen LogP contribution in [0.1, 0.15) is 40.6 Å². The van der Waals surface area contributed by atoms with E-state index in [1.165, 1.54) is 11.8 Å². The zero-order valence-corrected chi connectivity index (χ0v) is 16.4. The largest absolute Gasteiger partial charge is 0.358 e. The molecule has 1 aliphatic carbocycles. The van der Waals surface area contributed by atoms with Crippen molar-refractivity contribution in [3.8, 4) is 5.69 Å². The second-order valence-corrected chi connectivity index (χ2v) is 8.10. The SMILES string of the molecule is Cc1[nH]c2ccccc2c1C(=O)CSc1nc(C2CC2)n(-c2ccccc2)n1. The number of H-pyrrole nitrogens is 1. The molecule has 0 radical (unpaired) electrons. The molecule has 5 nitrogen and oxygen atoms in total. The summed E-state index contributed by atoms with van der Waals surface area (Å²) in [4.78, 5) is 21.0. The topological polar surface area (TPSA) is 63.6 Å². The van der Waals surface area contributed by atoms with Gasteiger partial charge in [-0.2, -0.15) is 0 Å². The number of hydrogen-bond acceptors (Lipinski definition) is 4. The number of para-hydroxylation sites is 2. The molecule has 6 heteroatoms. The molecule has 1 aliphatic rings. The number of rotatable bonds is 6. The quantitative estimate of drug-likeness (QED) is 0.377. The van der Waals surface area contributed by atoms with Crippen LogP contribution in [0.2, 0.25) is 0 Å². The maximum Gasteiger partial charge on any atom is 0.209 e. The van der Waals surface area contributed by atoms with Crippen molar-refractivity contribution in [2.45, 2.75) is 30.8 Å². The number of Topliss-reactive ketones (excluding diaryl/α,β-unsaturated/α-hetero) is 1. The number of carbonyl (C=O) groups is 1. The van der Waals surface area contributed by atoms with Crippen molar-refractivity contribution in [2.24, 2.45) is 0 Å². The van der Waals surface area contributed by atoms with E-state index >= 15 is 0 Å². The van der Waals surface area contributed by atoms with Gasteiger partial charge in [0.1, 0.15) is 5.82 Å². The number of aryl methyl sites for hydroxylation is 1. The lowest BCUT2D eigenvalue weighted by Gasteiger charge is -2.03. The molecule has 0 amide bonds. The van der Waals surface area contributed by atoms with E-state index in [0.29, 0.717) is 16.8 Å². The molecule has 0 bridgehead atoms. The molecule has 2 aromatic carbocycles. The molecular weight excluding hydrogens is 368 g/mol. The van der Waals surface area contributed by atoms with Crippen molar-refractivity contribution in [1.29, 1.82) is 0 Å². The molecule has 5 rings (SSSR count). The third-order valence-corrected chi connectivity index (χ3v) is 5.90. The second-order valence-electron chi connectivity index (χ2n) is 7.16. The molecule has 140 valence electrons. The fraction of sp³-hybridized carbons (Fsp3) is 0.227. The van der Waals surface area contributed by atoms with E-state index in [-0.39, 0.29) is 5.78 Å². The fourth-order valence-corrected chi connectivity index (χ4v) is 4.27. The van der Waals surface area contributed by atoms with Gasteiger partial charge in [-0.05, 0) is 38.0 Å². The van der Waals surface area contributed by atoms with Gasteiger partial charge in [-0.15, -0.1) is 5.10 Å². The molecule has 0 atom stereocenters. The van der Waals surface area contributed by atoms with E-state index in [1.807, 2.05) is 66.2 Å². The number of ketones is 1. The number of hydrogen-bond donors (Lipinski definition) is 1. The van der Waals surface area contributed by atoms with E-state index in [1.54, 1.807) is 0 Å².